The summed E-state index contributed by atoms with van der Waals surface area (Å²) in [6.07, 6.45) is 2.10. The number of hydrogen-bond donors (Lipinski definition) is 1. The molecule has 18 heavy (non-hydrogen) atoms. The van der Waals surface area contributed by atoms with E-state index in [1.54, 1.807) is 4.90 Å². The van der Waals surface area contributed by atoms with Gasteiger partial charge in [-0.25, -0.2) is 0 Å². The van der Waals surface area contributed by atoms with Crippen LogP contribution in [0.4, 0.5) is 0 Å². The summed E-state index contributed by atoms with van der Waals surface area (Å²) in [5.74, 6) is 0.390. The van der Waals surface area contributed by atoms with Crippen LogP contribution in [-0.4, -0.2) is 29.3 Å². The average Bonchev–Trinajstić information content (AvgIpc) is 3.20. The summed E-state index contributed by atoms with van der Waals surface area (Å²) < 4.78 is 0. The Kier molecular flexibility index (Phi) is 2.78. The van der Waals surface area contributed by atoms with Crippen LogP contribution in [0.25, 0.3) is 0 Å². The number of nitrogens with zero attached hydrogens (tertiary/aromatic N) is 1. The van der Waals surface area contributed by atoms with Crippen molar-refractivity contribution >= 4 is 11.8 Å². The third-order valence-corrected chi connectivity index (χ3v) is 3.60. The fraction of sp³-hybridized carbons (Fsp3) is 0.429. The lowest BCUT2D eigenvalue weighted by molar-refractivity contribution is -0.147. The highest BCUT2D eigenvalue weighted by Crippen LogP contribution is 2.36. The zero-order valence-corrected chi connectivity index (χ0v) is 10.1. The molecule has 1 aromatic rings. The van der Waals surface area contributed by atoms with Crippen LogP contribution in [0.5, 0.6) is 0 Å². The van der Waals surface area contributed by atoms with E-state index < -0.39 is 0 Å². The molecule has 1 atom stereocenters. The number of rotatable bonds is 3. The van der Waals surface area contributed by atoms with E-state index >= 15 is 0 Å². The van der Waals surface area contributed by atoms with Gasteiger partial charge in [0.2, 0.25) is 11.8 Å². The standard InChI is InChI=1S/C14H16N2O2/c17-12-8-15-14(18)13(11-6-7-11)16(12)9-10-4-2-1-3-5-10/h1-5,11,13H,6-9H2,(H,15,18). The van der Waals surface area contributed by atoms with Crippen molar-refractivity contribution in [3.8, 4) is 0 Å². The molecule has 2 amide bonds. The van der Waals surface area contributed by atoms with Gasteiger partial charge < -0.3 is 10.2 Å². The van der Waals surface area contributed by atoms with Gasteiger partial charge in [-0.05, 0) is 24.3 Å². The molecule has 3 rings (SSSR count). The van der Waals surface area contributed by atoms with Crippen molar-refractivity contribution in [2.24, 2.45) is 5.92 Å². The Morgan fingerprint density at radius 1 is 1.17 bits per heavy atom. The smallest absolute Gasteiger partial charge is 0.243 e. The third kappa shape index (κ3) is 2.10. The summed E-state index contributed by atoms with van der Waals surface area (Å²) in [5, 5.41) is 2.69. The van der Waals surface area contributed by atoms with Gasteiger partial charge in [-0.15, -0.1) is 0 Å². The van der Waals surface area contributed by atoms with Crippen LogP contribution < -0.4 is 5.32 Å². The SMILES string of the molecule is O=C1NCC(=O)N(Cc2ccccc2)C1C1CC1. The van der Waals surface area contributed by atoms with E-state index in [1.165, 1.54) is 0 Å². The molecule has 0 radical (unpaired) electrons. The van der Waals surface area contributed by atoms with Crippen LogP contribution in [0.1, 0.15) is 18.4 Å². The molecule has 0 aromatic heterocycles. The van der Waals surface area contributed by atoms with E-state index in [4.69, 9.17) is 0 Å². The third-order valence-electron chi connectivity index (χ3n) is 3.60. The lowest BCUT2D eigenvalue weighted by Crippen LogP contribution is -2.58. The van der Waals surface area contributed by atoms with Gasteiger partial charge in [0.1, 0.15) is 6.04 Å². The zero-order chi connectivity index (χ0) is 12.5. The fourth-order valence-electron chi connectivity index (χ4n) is 2.51. The Morgan fingerprint density at radius 2 is 1.89 bits per heavy atom. The summed E-state index contributed by atoms with van der Waals surface area (Å²) in [6.45, 7) is 0.670. The first-order valence-corrected chi connectivity index (χ1v) is 6.37. The highest BCUT2D eigenvalue weighted by atomic mass is 16.2. The van der Waals surface area contributed by atoms with E-state index in [2.05, 4.69) is 5.32 Å². The Morgan fingerprint density at radius 3 is 2.56 bits per heavy atom. The molecular weight excluding hydrogens is 228 g/mol. The van der Waals surface area contributed by atoms with Crippen LogP contribution in [0.3, 0.4) is 0 Å². The molecule has 2 aliphatic rings. The summed E-state index contributed by atoms with van der Waals surface area (Å²) in [6, 6.07) is 9.58. The second-order valence-corrected chi connectivity index (χ2v) is 5.01. The molecule has 4 heteroatoms. The van der Waals surface area contributed by atoms with Crippen LogP contribution in [-0.2, 0) is 16.1 Å². The minimum atomic E-state index is -0.258. The van der Waals surface area contributed by atoms with Crippen molar-refractivity contribution in [2.45, 2.75) is 25.4 Å². The number of carbonyl (C=O) groups is 2. The van der Waals surface area contributed by atoms with Gasteiger partial charge in [-0.3, -0.25) is 9.59 Å². The number of nitrogens with one attached hydrogen (secondary N) is 1. The molecular formula is C14H16N2O2. The maximum absolute atomic E-state index is 12.0. The molecule has 0 bridgehead atoms. The molecule has 4 nitrogen and oxygen atoms in total. The van der Waals surface area contributed by atoms with Crippen LogP contribution in [0.15, 0.2) is 30.3 Å². The van der Waals surface area contributed by atoms with Crippen LogP contribution in [0, 0.1) is 5.92 Å². The van der Waals surface area contributed by atoms with Crippen molar-refractivity contribution in [2.75, 3.05) is 6.54 Å². The van der Waals surface area contributed by atoms with E-state index in [1.807, 2.05) is 30.3 Å². The lowest BCUT2D eigenvalue weighted by Gasteiger charge is -2.35. The predicted octanol–water partition coefficient (Wildman–Crippen LogP) is 0.924. The van der Waals surface area contributed by atoms with Crippen molar-refractivity contribution in [3.63, 3.8) is 0 Å². The minimum absolute atomic E-state index is 0.00744. The zero-order valence-electron chi connectivity index (χ0n) is 10.1. The second-order valence-electron chi connectivity index (χ2n) is 5.01. The fourth-order valence-corrected chi connectivity index (χ4v) is 2.51. The van der Waals surface area contributed by atoms with Crippen molar-refractivity contribution < 1.29 is 9.59 Å². The summed E-state index contributed by atoms with van der Waals surface area (Å²) in [4.78, 5) is 25.7. The minimum Gasteiger partial charge on any atom is -0.345 e. The van der Waals surface area contributed by atoms with E-state index in [0.717, 1.165) is 18.4 Å². The highest BCUT2D eigenvalue weighted by molar-refractivity contribution is 5.95. The lowest BCUT2D eigenvalue weighted by atomic mass is 10.1. The van der Waals surface area contributed by atoms with Gasteiger partial charge in [-0.2, -0.15) is 0 Å². The van der Waals surface area contributed by atoms with Gasteiger partial charge in [0, 0.05) is 6.54 Å². The van der Waals surface area contributed by atoms with Gasteiger partial charge >= 0.3 is 0 Å². The van der Waals surface area contributed by atoms with E-state index in [0.29, 0.717) is 12.5 Å². The summed E-state index contributed by atoms with van der Waals surface area (Å²) in [7, 11) is 0. The molecule has 1 unspecified atom stereocenters. The number of amides is 2. The quantitative estimate of drug-likeness (QED) is 0.859. The molecule has 1 aliphatic heterocycles. The Balaban J connectivity index is 1.82. The molecule has 1 saturated heterocycles. The molecule has 1 saturated carbocycles. The van der Waals surface area contributed by atoms with E-state index in [9.17, 15) is 9.59 Å². The highest BCUT2D eigenvalue weighted by Gasteiger charge is 2.44. The molecule has 1 N–H and O–H groups in total. The summed E-state index contributed by atoms with van der Waals surface area (Å²) in [5.41, 5.74) is 1.08. The number of piperazine rings is 1. The molecule has 1 heterocycles. The van der Waals surface area contributed by atoms with Gasteiger partial charge in [0.25, 0.3) is 0 Å². The first kappa shape index (κ1) is 11.3. The predicted molar refractivity (Wildman–Crippen MR) is 66.5 cm³/mol. The normalized spacial score (nSPS) is 24.0. The average molecular weight is 244 g/mol. The molecule has 1 aliphatic carbocycles. The number of carbonyl (C=O) groups excluding carboxylic acids is 2. The first-order chi connectivity index (χ1) is 8.75. The van der Waals surface area contributed by atoms with Crippen LogP contribution >= 0.6 is 0 Å². The monoisotopic (exact) mass is 244 g/mol. The van der Waals surface area contributed by atoms with Crippen molar-refractivity contribution in [1.82, 2.24) is 10.2 Å². The number of hydrogen-bond acceptors (Lipinski definition) is 2. The summed E-state index contributed by atoms with van der Waals surface area (Å²) >= 11 is 0. The topological polar surface area (TPSA) is 49.4 Å². The molecule has 0 spiro atoms. The largest absolute Gasteiger partial charge is 0.345 e. The maximum Gasteiger partial charge on any atom is 0.243 e. The van der Waals surface area contributed by atoms with Gasteiger partial charge in [0.05, 0.1) is 6.54 Å². The Hall–Kier alpha value is -1.84. The van der Waals surface area contributed by atoms with Crippen molar-refractivity contribution in [3.05, 3.63) is 35.9 Å². The Labute approximate surface area is 106 Å². The van der Waals surface area contributed by atoms with E-state index in [-0.39, 0.29) is 24.4 Å². The molecule has 2 fully saturated rings. The van der Waals surface area contributed by atoms with Gasteiger partial charge in [0.15, 0.2) is 0 Å². The maximum atomic E-state index is 12.0. The molecule has 94 valence electrons. The van der Waals surface area contributed by atoms with Crippen molar-refractivity contribution in [1.29, 1.82) is 0 Å². The first-order valence-electron chi connectivity index (χ1n) is 6.37. The number of benzene rings is 1. The Bertz CT molecular complexity index is 468. The molecule has 1 aromatic carbocycles. The van der Waals surface area contributed by atoms with Gasteiger partial charge in [-0.1, -0.05) is 30.3 Å². The van der Waals surface area contributed by atoms with Crippen LogP contribution in [0.2, 0.25) is 0 Å². The second kappa shape index (κ2) is 4.44.